The second kappa shape index (κ2) is 6.02. The van der Waals surface area contributed by atoms with E-state index in [2.05, 4.69) is 31.4 Å². The minimum absolute atomic E-state index is 0.0489. The number of nitrogens with one attached hydrogen (secondary N) is 1. The number of nitrogens with zero attached hydrogens (tertiary/aromatic N) is 2. The van der Waals surface area contributed by atoms with Crippen LogP contribution in [0.4, 0.5) is 8.78 Å². The van der Waals surface area contributed by atoms with Crippen LogP contribution in [0.15, 0.2) is 16.6 Å². The van der Waals surface area contributed by atoms with E-state index in [1.807, 2.05) is 14.0 Å². The molecule has 1 N–H and O–H groups in total. The monoisotopic (exact) mass is 347 g/mol. The standard InChI is InChI=1S/C12H12BrF2N3S/c1-3-9(16-2)11-17-18-12(19-11)10-7(14)4-6(13)5-8(10)15/h4-5,9,16H,3H2,1-2H3. The Morgan fingerprint density at radius 3 is 2.47 bits per heavy atom. The quantitative estimate of drug-likeness (QED) is 0.910. The molecule has 0 aliphatic rings. The maximum absolute atomic E-state index is 13.8. The van der Waals surface area contributed by atoms with Crippen molar-refractivity contribution in [2.45, 2.75) is 19.4 Å². The highest BCUT2D eigenvalue weighted by Crippen LogP contribution is 2.33. The van der Waals surface area contributed by atoms with Crippen LogP contribution in [0.5, 0.6) is 0 Å². The molecule has 1 unspecified atom stereocenters. The first kappa shape index (κ1) is 14.5. The molecule has 2 aromatic rings. The van der Waals surface area contributed by atoms with Crippen molar-refractivity contribution in [2.24, 2.45) is 0 Å². The second-order valence-corrected chi connectivity index (χ2v) is 5.86. The molecule has 102 valence electrons. The van der Waals surface area contributed by atoms with E-state index in [1.54, 1.807) is 0 Å². The summed E-state index contributed by atoms with van der Waals surface area (Å²) in [5, 5.41) is 12.0. The fourth-order valence-electron chi connectivity index (χ4n) is 1.73. The van der Waals surface area contributed by atoms with Crippen LogP contribution in [0.2, 0.25) is 0 Å². The Bertz CT molecular complexity index is 561. The van der Waals surface area contributed by atoms with Gasteiger partial charge in [-0.15, -0.1) is 10.2 Å². The van der Waals surface area contributed by atoms with Gasteiger partial charge in [-0.2, -0.15) is 0 Å². The largest absolute Gasteiger partial charge is 0.311 e. The number of halogens is 3. The normalized spacial score (nSPS) is 12.7. The molecule has 0 saturated carbocycles. The Labute approximate surface area is 122 Å². The number of hydrogen-bond acceptors (Lipinski definition) is 4. The second-order valence-electron chi connectivity index (χ2n) is 3.94. The molecule has 7 heteroatoms. The van der Waals surface area contributed by atoms with Crippen LogP contribution in [0.1, 0.15) is 24.4 Å². The first-order valence-electron chi connectivity index (χ1n) is 5.72. The van der Waals surface area contributed by atoms with Crippen LogP contribution < -0.4 is 5.32 Å². The summed E-state index contributed by atoms with van der Waals surface area (Å²) in [5.41, 5.74) is -0.127. The fraction of sp³-hybridized carbons (Fsp3) is 0.333. The average Bonchev–Trinajstić information content (AvgIpc) is 2.78. The van der Waals surface area contributed by atoms with Crippen LogP contribution in [0.25, 0.3) is 10.6 Å². The van der Waals surface area contributed by atoms with E-state index in [-0.39, 0.29) is 16.6 Å². The van der Waals surface area contributed by atoms with Crippen molar-refractivity contribution in [1.82, 2.24) is 15.5 Å². The smallest absolute Gasteiger partial charge is 0.153 e. The number of benzene rings is 1. The summed E-state index contributed by atoms with van der Waals surface area (Å²) < 4.78 is 28.0. The van der Waals surface area contributed by atoms with Gasteiger partial charge in [0.15, 0.2) is 5.01 Å². The lowest BCUT2D eigenvalue weighted by Crippen LogP contribution is -2.14. The maximum Gasteiger partial charge on any atom is 0.153 e. The van der Waals surface area contributed by atoms with Gasteiger partial charge in [-0.25, -0.2) is 8.78 Å². The van der Waals surface area contributed by atoms with Crippen LogP contribution in [0, 0.1) is 11.6 Å². The van der Waals surface area contributed by atoms with E-state index in [9.17, 15) is 8.78 Å². The molecule has 1 aromatic carbocycles. The lowest BCUT2D eigenvalue weighted by molar-refractivity contribution is 0.568. The van der Waals surface area contributed by atoms with Gasteiger partial charge in [-0.05, 0) is 25.6 Å². The zero-order chi connectivity index (χ0) is 14.0. The van der Waals surface area contributed by atoms with E-state index in [0.29, 0.717) is 4.47 Å². The van der Waals surface area contributed by atoms with Gasteiger partial charge in [0.05, 0.1) is 11.6 Å². The molecule has 0 radical (unpaired) electrons. The molecule has 0 fully saturated rings. The fourth-order valence-corrected chi connectivity index (χ4v) is 3.21. The number of hydrogen-bond donors (Lipinski definition) is 1. The van der Waals surface area contributed by atoms with Crippen LogP contribution >= 0.6 is 27.3 Å². The van der Waals surface area contributed by atoms with Crippen molar-refractivity contribution in [3.8, 4) is 10.6 Å². The van der Waals surface area contributed by atoms with Gasteiger partial charge in [-0.3, -0.25) is 0 Å². The number of rotatable bonds is 4. The SMILES string of the molecule is CCC(NC)c1nnc(-c2c(F)cc(Br)cc2F)s1. The van der Waals surface area contributed by atoms with Gasteiger partial charge in [0.1, 0.15) is 16.6 Å². The Kier molecular flexibility index (Phi) is 4.59. The Balaban J connectivity index is 2.43. The highest BCUT2D eigenvalue weighted by Gasteiger charge is 2.19. The lowest BCUT2D eigenvalue weighted by Gasteiger charge is -2.08. The van der Waals surface area contributed by atoms with Gasteiger partial charge in [0, 0.05) is 4.47 Å². The maximum atomic E-state index is 13.8. The molecule has 3 nitrogen and oxygen atoms in total. The molecule has 19 heavy (non-hydrogen) atoms. The molecule has 1 heterocycles. The first-order chi connectivity index (χ1) is 9.06. The predicted molar refractivity (Wildman–Crippen MR) is 75.1 cm³/mol. The summed E-state index contributed by atoms with van der Waals surface area (Å²) in [5.74, 6) is -1.29. The van der Waals surface area contributed by atoms with Crippen molar-refractivity contribution in [1.29, 1.82) is 0 Å². The van der Waals surface area contributed by atoms with Gasteiger partial charge in [-0.1, -0.05) is 34.2 Å². The molecule has 1 atom stereocenters. The van der Waals surface area contributed by atoms with Gasteiger partial charge >= 0.3 is 0 Å². The van der Waals surface area contributed by atoms with Crippen LogP contribution in [0.3, 0.4) is 0 Å². The van der Waals surface area contributed by atoms with Crippen molar-refractivity contribution in [2.75, 3.05) is 7.05 Å². The Morgan fingerprint density at radius 2 is 1.95 bits per heavy atom. The van der Waals surface area contributed by atoms with Gasteiger partial charge in [0.25, 0.3) is 0 Å². The summed E-state index contributed by atoms with van der Waals surface area (Å²) in [4.78, 5) is 0. The van der Waals surface area contributed by atoms with Gasteiger partial charge in [0.2, 0.25) is 0 Å². The van der Waals surface area contributed by atoms with Crippen LogP contribution in [-0.4, -0.2) is 17.2 Å². The third-order valence-electron chi connectivity index (χ3n) is 2.72. The molecule has 0 bridgehead atoms. The zero-order valence-corrected chi connectivity index (χ0v) is 12.8. The summed E-state index contributed by atoms with van der Waals surface area (Å²) in [7, 11) is 1.82. The first-order valence-corrected chi connectivity index (χ1v) is 7.33. The molecule has 0 saturated heterocycles. The molecule has 0 amide bonds. The third kappa shape index (κ3) is 2.98. The van der Waals surface area contributed by atoms with Crippen molar-refractivity contribution >= 4 is 27.3 Å². The van der Waals surface area contributed by atoms with E-state index in [1.165, 1.54) is 23.5 Å². The minimum Gasteiger partial charge on any atom is -0.311 e. The molecule has 0 aliphatic carbocycles. The number of aromatic nitrogens is 2. The molecular formula is C12H12BrF2N3S. The van der Waals surface area contributed by atoms with Gasteiger partial charge < -0.3 is 5.32 Å². The molecule has 0 spiro atoms. The minimum atomic E-state index is -0.646. The van der Waals surface area contributed by atoms with Crippen molar-refractivity contribution < 1.29 is 8.78 Å². The molecule has 2 rings (SSSR count). The lowest BCUT2D eigenvalue weighted by atomic mass is 10.2. The summed E-state index contributed by atoms with van der Waals surface area (Å²) in [6.45, 7) is 2.00. The van der Waals surface area contributed by atoms with E-state index >= 15 is 0 Å². The average molecular weight is 348 g/mol. The molecule has 0 aliphatic heterocycles. The summed E-state index contributed by atoms with van der Waals surface area (Å²) >= 11 is 4.25. The van der Waals surface area contributed by atoms with E-state index in [4.69, 9.17) is 0 Å². The van der Waals surface area contributed by atoms with Crippen molar-refractivity contribution in [3.05, 3.63) is 33.2 Å². The van der Waals surface area contributed by atoms with Crippen molar-refractivity contribution in [3.63, 3.8) is 0 Å². The van der Waals surface area contributed by atoms with Crippen LogP contribution in [-0.2, 0) is 0 Å². The molecule has 1 aromatic heterocycles. The zero-order valence-electron chi connectivity index (χ0n) is 10.4. The third-order valence-corrected chi connectivity index (χ3v) is 4.23. The molecular weight excluding hydrogens is 336 g/mol. The summed E-state index contributed by atoms with van der Waals surface area (Å²) in [6.07, 6.45) is 0.830. The summed E-state index contributed by atoms with van der Waals surface area (Å²) in [6, 6.07) is 2.48. The topological polar surface area (TPSA) is 37.8 Å². The van der Waals surface area contributed by atoms with E-state index in [0.717, 1.165) is 11.4 Å². The predicted octanol–water partition coefficient (Wildman–Crippen LogP) is 3.92. The highest BCUT2D eigenvalue weighted by atomic mass is 79.9. The Hall–Kier alpha value is -0.920. The Morgan fingerprint density at radius 1 is 1.32 bits per heavy atom. The highest BCUT2D eigenvalue weighted by molar-refractivity contribution is 9.10. The van der Waals surface area contributed by atoms with E-state index < -0.39 is 11.6 Å².